The average Bonchev–Trinajstić information content (AvgIpc) is 2.98. The first kappa shape index (κ1) is 44.5. The van der Waals surface area contributed by atoms with Gasteiger partial charge in [0.15, 0.2) is 5.41 Å². The molecule has 0 saturated carbocycles. The van der Waals surface area contributed by atoms with Crippen LogP contribution in [0.4, 0.5) is 26.3 Å². The summed E-state index contributed by atoms with van der Waals surface area (Å²) in [7, 11) is 0. The fourth-order valence-corrected chi connectivity index (χ4v) is 6.59. The number of nitrogens with two attached hydrogens (primary N) is 2. The first-order valence-electron chi connectivity index (χ1n) is 19.2. The highest BCUT2D eigenvalue weighted by Gasteiger charge is 2.69. The second kappa shape index (κ2) is 29.6. The first-order chi connectivity index (χ1) is 21.6. The summed E-state index contributed by atoms with van der Waals surface area (Å²) < 4.78 is 83.6. The van der Waals surface area contributed by atoms with Gasteiger partial charge in [-0.3, -0.25) is 0 Å². The summed E-state index contributed by atoms with van der Waals surface area (Å²) in [5.74, 6) is 0. The second-order valence-electron chi connectivity index (χ2n) is 13.8. The van der Waals surface area contributed by atoms with Gasteiger partial charge in [0.05, 0.1) is 0 Å². The zero-order valence-corrected chi connectivity index (χ0v) is 29.0. The predicted molar refractivity (Wildman–Crippen MR) is 180 cm³/mol. The zero-order chi connectivity index (χ0) is 33.5. The highest BCUT2D eigenvalue weighted by molar-refractivity contribution is 4.93. The molecule has 0 radical (unpaired) electrons. The highest BCUT2D eigenvalue weighted by Crippen LogP contribution is 2.56. The van der Waals surface area contributed by atoms with Gasteiger partial charge in [0.2, 0.25) is 0 Å². The highest BCUT2D eigenvalue weighted by atomic mass is 19.4. The molecule has 0 amide bonds. The molecule has 0 aromatic carbocycles. The van der Waals surface area contributed by atoms with E-state index in [1.165, 1.54) is 89.9 Å². The van der Waals surface area contributed by atoms with Gasteiger partial charge in [-0.25, -0.2) is 0 Å². The van der Waals surface area contributed by atoms with E-state index in [1.807, 2.05) is 0 Å². The van der Waals surface area contributed by atoms with Crippen molar-refractivity contribution in [1.29, 1.82) is 0 Å². The quantitative estimate of drug-likeness (QED) is 0.0534. The molecule has 0 fully saturated rings. The molecule has 0 rings (SSSR count). The maximum Gasteiger partial charge on any atom is 0.403 e. The third-order valence-electron chi connectivity index (χ3n) is 9.70. The van der Waals surface area contributed by atoms with Crippen LogP contribution in [0.1, 0.15) is 205 Å². The van der Waals surface area contributed by atoms with Gasteiger partial charge in [-0.1, -0.05) is 180 Å². The smallest absolute Gasteiger partial charge is 0.330 e. The van der Waals surface area contributed by atoms with E-state index in [0.29, 0.717) is 25.7 Å². The van der Waals surface area contributed by atoms with Gasteiger partial charge in [0.1, 0.15) is 0 Å². The van der Waals surface area contributed by atoms with Crippen LogP contribution in [-0.2, 0) is 0 Å². The molecule has 0 aliphatic rings. The minimum atomic E-state index is -5.26. The molecule has 0 spiro atoms. The summed E-state index contributed by atoms with van der Waals surface area (Å²) in [6.07, 6.45) is 18.1. The summed E-state index contributed by atoms with van der Waals surface area (Å²) in [6, 6.07) is 0. The van der Waals surface area contributed by atoms with E-state index in [0.717, 1.165) is 77.3 Å². The fourth-order valence-electron chi connectivity index (χ4n) is 6.59. The van der Waals surface area contributed by atoms with Crippen LogP contribution in [0.15, 0.2) is 0 Å². The first-order valence-corrected chi connectivity index (χ1v) is 19.2. The molecule has 0 aliphatic carbocycles. The van der Waals surface area contributed by atoms with E-state index in [-0.39, 0.29) is 12.8 Å². The molecule has 0 bridgehead atoms. The Morgan fingerprint density at radius 3 is 0.556 bits per heavy atom. The van der Waals surface area contributed by atoms with Crippen LogP contribution < -0.4 is 11.5 Å². The van der Waals surface area contributed by atoms with Gasteiger partial charge in [-0.2, -0.15) is 26.3 Å². The summed E-state index contributed by atoms with van der Waals surface area (Å²) in [4.78, 5) is 0. The molecule has 0 aliphatic heterocycles. The Morgan fingerprint density at radius 2 is 0.400 bits per heavy atom. The van der Waals surface area contributed by atoms with Crippen molar-refractivity contribution < 1.29 is 26.3 Å². The predicted octanol–water partition coefficient (Wildman–Crippen LogP) is 13.5. The van der Waals surface area contributed by atoms with Gasteiger partial charge in [-0.05, 0) is 38.8 Å². The standard InChI is InChI=1S/C37H72F6N2/c38-36(39,40)35(37(41,42)43,31-27-23-19-15-11-7-3-1-5-9-13-17-21-25-29-33-44)32-28-24-20-16-12-8-4-2-6-10-14-18-22-26-30-34-45/h1-34,44-45H2. The second-order valence-corrected chi connectivity index (χ2v) is 13.8. The van der Waals surface area contributed by atoms with Crippen LogP contribution in [0.3, 0.4) is 0 Å². The molecule has 0 heterocycles. The van der Waals surface area contributed by atoms with Crippen molar-refractivity contribution in [2.24, 2.45) is 16.9 Å². The zero-order valence-electron chi connectivity index (χ0n) is 29.0. The maximum absolute atomic E-state index is 13.9. The van der Waals surface area contributed by atoms with Crippen LogP contribution in [0, 0.1) is 5.41 Å². The number of halogens is 6. The third-order valence-corrected chi connectivity index (χ3v) is 9.70. The molecule has 0 aromatic rings. The van der Waals surface area contributed by atoms with Crippen LogP contribution >= 0.6 is 0 Å². The molecule has 8 heteroatoms. The molecule has 0 atom stereocenters. The minimum absolute atomic E-state index is 0.0153. The lowest BCUT2D eigenvalue weighted by atomic mass is 9.76. The van der Waals surface area contributed by atoms with Gasteiger partial charge < -0.3 is 11.5 Å². The van der Waals surface area contributed by atoms with Gasteiger partial charge in [0, 0.05) is 0 Å². The van der Waals surface area contributed by atoms with E-state index >= 15 is 0 Å². The summed E-state index contributed by atoms with van der Waals surface area (Å²) in [6.45, 7) is 1.56. The summed E-state index contributed by atoms with van der Waals surface area (Å²) in [5, 5.41) is 0. The summed E-state index contributed by atoms with van der Waals surface area (Å²) >= 11 is 0. The molecular formula is C37H72F6N2. The monoisotopic (exact) mass is 659 g/mol. The molecule has 0 saturated heterocycles. The molecular weight excluding hydrogens is 586 g/mol. The Labute approximate surface area is 274 Å². The van der Waals surface area contributed by atoms with Crippen LogP contribution in [0.2, 0.25) is 0 Å². The normalized spacial score (nSPS) is 12.8. The lowest BCUT2D eigenvalue weighted by Crippen LogP contribution is -2.50. The van der Waals surface area contributed by atoms with Crippen molar-refractivity contribution in [2.75, 3.05) is 13.1 Å². The maximum atomic E-state index is 13.9. The molecule has 0 aromatic heterocycles. The minimum Gasteiger partial charge on any atom is -0.330 e. The molecule has 272 valence electrons. The lowest BCUT2D eigenvalue weighted by molar-refractivity contribution is -0.346. The fraction of sp³-hybridized carbons (Fsp3) is 1.00. The van der Waals surface area contributed by atoms with E-state index < -0.39 is 30.6 Å². The van der Waals surface area contributed by atoms with Gasteiger partial charge in [-0.15, -0.1) is 0 Å². The van der Waals surface area contributed by atoms with E-state index in [4.69, 9.17) is 11.5 Å². The Balaban J connectivity index is 4.02. The molecule has 0 unspecified atom stereocenters. The van der Waals surface area contributed by atoms with Gasteiger partial charge in [0.25, 0.3) is 0 Å². The Hall–Kier alpha value is -0.500. The van der Waals surface area contributed by atoms with Crippen molar-refractivity contribution in [3.05, 3.63) is 0 Å². The summed E-state index contributed by atoms with van der Waals surface area (Å²) in [5.41, 5.74) is 7.45. The molecule has 2 nitrogen and oxygen atoms in total. The molecule has 45 heavy (non-hydrogen) atoms. The van der Waals surface area contributed by atoms with Crippen molar-refractivity contribution in [1.82, 2.24) is 0 Å². The Kier molecular flexibility index (Phi) is 29.3. The third kappa shape index (κ3) is 24.3. The Morgan fingerprint density at radius 1 is 0.244 bits per heavy atom. The number of rotatable bonds is 34. The van der Waals surface area contributed by atoms with Crippen molar-refractivity contribution >= 4 is 0 Å². The van der Waals surface area contributed by atoms with Crippen molar-refractivity contribution in [3.63, 3.8) is 0 Å². The average molecular weight is 659 g/mol. The topological polar surface area (TPSA) is 52.0 Å². The van der Waals surface area contributed by atoms with Crippen molar-refractivity contribution in [3.8, 4) is 0 Å². The number of alkyl halides is 6. The van der Waals surface area contributed by atoms with E-state index in [9.17, 15) is 26.3 Å². The van der Waals surface area contributed by atoms with Crippen LogP contribution in [0.5, 0.6) is 0 Å². The SMILES string of the molecule is NCCCCCCCCCCCCCCCCCC(CCCCCCCCCCCCCCCCCN)(C(F)(F)F)C(F)(F)F. The van der Waals surface area contributed by atoms with Crippen LogP contribution in [0.25, 0.3) is 0 Å². The number of unbranched alkanes of at least 4 members (excludes halogenated alkanes) is 28. The number of hydrogen-bond donors (Lipinski definition) is 2. The van der Waals surface area contributed by atoms with E-state index in [2.05, 4.69) is 0 Å². The number of hydrogen-bond acceptors (Lipinski definition) is 2. The van der Waals surface area contributed by atoms with Crippen molar-refractivity contribution in [2.45, 2.75) is 218 Å². The Bertz CT molecular complexity index is 557. The molecule has 4 N–H and O–H groups in total. The lowest BCUT2D eigenvalue weighted by Gasteiger charge is -2.37. The largest absolute Gasteiger partial charge is 0.403 e. The van der Waals surface area contributed by atoms with Crippen LogP contribution in [-0.4, -0.2) is 25.4 Å². The van der Waals surface area contributed by atoms with E-state index in [1.54, 1.807) is 0 Å². The van der Waals surface area contributed by atoms with Gasteiger partial charge >= 0.3 is 12.4 Å².